The first-order valence-electron chi connectivity index (χ1n) is 6.17. The van der Waals surface area contributed by atoms with Gasteiger partial charge in [0.2, 0.25) is 0 Å². The third-order valence-electron chi connectivity index (χ3n) is 2.22. The van der Waals surface area contributed by atoms with Gasteiger partial charge < -0.3 is 9.47 Å². The van der Waals surface area contributed by atoms with E-state index in [9.17, 15) is 9.59 Å². The van der Waals surface area contributed by atoms with Crippen LogP contribution in [0.25, 0.3) is 6.08 Å². The number of esters is 1. The van der Waals surface area contributed by atoms with Crippen LogP contribution in [0.1, 0.15) is 36.7 Å². The molecule has 0 fully saturated rings. The van der Waals surface area contributed by atoms with Crippen molar-refractivity contribution in [1.29, 1.82) is 0 Å². The van der Waals surface area contributed by atoms with Crippen molar-refractivity contribution in [2.24, 2.45) is 0 Å². The van der Waals surface area contributed by atoms with E-state index in [4.69, 9.17) is 9.47 Å². The van der Waals surface area contributed by atoms with Gasteiger partial charge in [-0.3, -0.25) is 4.79 Å². The van der Waals surface area contributed by atoms with Gasteiger partial charge in [0.15, 0.2) is 6.29 Å². The van der Waals surface area contributed by atoms with Crippen LogP contribution in [0.15, 0.2) is 24.3 Å². The monoisotopic (exact) mass is 262 g/mol. The molecule has 1 aromatic carbocycles. The summed E-state index contributed by atoms with van der Waals surface area (Å²) in [5, 5.41) is 0. The lowest BCUT2D eigenvalue weighted by atomic mass is 10.1. The van der Waals surface area contributed by atoms with Gasteiger partial charge in [-0.1, -0.05) is 6.07 Å². The van der Waals surface area contributed by atoms with Crippen LogP contribution < -0.4 is 4.74 Å². The van der Waals surface area contributed by atoms with Gasteiger partial charge in [0, 0.05) is 6.08 Å². The molecule has 0 unspecified atom stereocenters. The van der Waals surface area contributed by atoms with Crippen molar-refractivity contribution >= 4 is 18.3 Å². The van der Waals surface area contributed by atoms with Crippen molar-refractivity contribution in [1.82, 2.24) is 0 Å². The zero-order valence-corrected chi connectivity index (χ0v) is 11.4. The van der Waals surface area contributed by atoms with Gasteiger partial charge in [-0.15, -0.1) is 0 Å². The van der Waals surface area contributed by atoms with Gasteiger partial charge in [0.25, 0.3) is 0 Å². The lowest BCUT2D eigenvalue weighted by Gasteiger charge is -2.11. The first-order chi connectivity index (χ1) is 9.06. The van der Waals surface area contributed by atoms with Crippen LogP contribution in [0.4, 0.5) is 0 Å². The maximum atomic E-state index is 11.2. The SMILES string of the molecule is CCOC(=O)/C=C/c1ccc(OC(C)C)c(C=O)c1. The summed E-state index contributed by atoms with van der Waals surface area (Å²) in [6.07, 6.45) is 3.67. The Morgan fingerprint density at radius 3 is 2.68 bits per heavy atom. The number of hydrogen-bond donors (Lipinski definition) is 0. The zero-order valence-electron chi connectivity index (χ0n) is 11.4. The summed E-state index contributed by atoms with van der Waals surface area (Å²) in [7, 11) is 0. The van der Waals surface area contributed by atoms with Gasteiger partial charge in [-0.2, -0.15) is 0 Å². The number of carbonyl (C=O) groups excluding carboxylic acids is 2. The Morgan fingerprint density at radius 2 is 2.11 bits per heavy atom. The van der Waals surface area contributed by atoms with Gasteiger partial charge in [0.05, 0.1) is 18.3 Å². The molecule has 0 spiro atoms. The second kappa shape index (κ2) is 7.36. The molecule has 1 rings (SSSR count). The molecule has 4 heteroatoms. The second-order valence-electron chi connectivity index (χ2n) is 4.17. The van der Waals surface area contributed by atoms with E-state index in [2.05, 4.69) is 0 Å². The van der Waals surface area contributed by atoms with Crippen LogP contribution in [-0.4, -0.2) is 25.0 Å². The number of carbonyl (C=O) groups is 2. The van der Waals surface area contributed by atoms with Crippen molar-refractivity contribution < 1.29 is 19.1 Å². The van der Waals surface area contributed by atoms with E-state index < -0.39 is 5.97 Å². The molecular weight excluding hydrogens is 244 g/mol. The summed E-state index contributed by atoms with van der Waals surface area (Å²) in [5.41, 5.74) is 1.20. The Morgan fingerprint density at radius 1 is 1.37 bits per heavy atom. The topological polar surface area (TPSA) is 52.6 Å². The molecule has 0 aliphatic rings. The predicted octanol–water partition coefficient (Wildman–Crippen LogP) is 2.86. The van der Waals surface area contributed by atoms with E-state index in [0.717, 1.165) is 11.8 Å². The average molecular weight is 262 g/mol. The van der Waals surface area contributed by atoms with E-state index in [1.807, 2.05) is 13.8 Å². The fourth-order valence-corrected chi connectivity index (χ4v) is 1.48. The second-order valence-corrected chi connectivity index (χ2v) is 4.17. The Bertz CT molecular complexity index is 475. The highest BCUT2D eigenvalue weighted by molar-refractivity contribution is 5.88. The molecule has 0 radical (unpaired) electrons. The largest absolute Gasteiger partial charge is 0.490 e. The fourth-order valence-electron chi connectivity index (χ4n) is 1.48. The zero-order chi connectivity index (χ0) is 14.3. The molecule has 0 heterocycles. The Hall–Kier alpha value is -2.10. The first kappa shape index (κ1) is 15.0. The van der Waals surface area contributed by atoms with E-state index >= 15 is 0 Å². The molecule has 0 amide bonds. The number of ether oxygens (including phenoxy) is 2. The Labute approximate surface area is 113 Å². The molecule has 102 valence electrons. The first-order valence-corrected chi connectivity index (χ1v) is 6.17. The summed E-state index contributed by atoms with van der Waals surface area (Å²) in [4.78, 5) is 22.2. The number of benzene rings is 1. The molecule has 4 nitrogen and oxygen atoms in total. The van der Waals surface area contributed by atoms with Crippen LogP contribution in [-0.2, 0) is 9.53 Å². The van der Waals surface area contributed by atoms with E-state index in [1.165, 1.54) is 6.08 Å². The fraction of sp³-hybridized carbons (Fsp3) is 0.333. The third-order valence-corrected chi connectivity index (χ3v) is 2.22. The Kier molecular flexibility index (Phi) is 5.79. The minimum atomic E-state index is -0.405. The highest BCUT2D eigenvalue weighted by Crippen LogP contribution is 2.20. The molecule has 0 aromatic heterocycles. The van der Waals surface area contributed by atoms with Crippen LogP contribution in [0, 0.1) is 0 Å². The lowest BCUT2D eigenvalue weighted by molar-refractivity contribution is -0.137. The number of aldehydes is 1. The molecule has 0 atom stereocenters. The van der Waals surface area contributed by atoms with Gasteiger partial charge in [-0.05, 0) is 44.5 Å². The summed E-state index contributed by atoms with van der Waals surface area (Å²) >= 11 is 0. The van der Waals surface area contributed by atoms with Gasteiger partial charge in [-0.25, -0.2) is 4.79 Å². The van der Waals surface area contributed by atoms with E-state index in [-0.39, 0.29) is 6.10 Å². The molecule has 0 saturated heterocycles. The summed E-state index contributed by atoms with van der Waals surface area (Å²) in [5.74, 6) is 0.135. The molecular formula is C15H18O4. The average Bonchev–Trinajstić information content (AvgIpc) is 2.37. The number of rotatable bonds is 6. The molecule has 0 saturated carbocycles. The minimum absolute atomic E-state index is 0.000348. The van der Waals surface area contributed by atoms with Gasteiger partial charge in [0.1, 0.15) is 5.75 Å². The highest BCUT2D eigenvalue weighted by Gasteiger charge is 2.05. The molecule has 0 bridgehead atoms. The van der Waals surface area contributed by atoms with Crippen molar-refractivity contribution in [3.8, 4) is 5.75 Å². The molecule has 0 N–H and O–H groups in total. The van der Waals surface area contributed by atoms with E-state index in [1.54, 1.807) is 31.2 Å². The summed E-state index contributed by atoms with van der Waals surface area (Å²) in [6.45, 7) is 5.87. The quantitative estimate of drug-likeness (QED) is 0.449. The van der Waals surface area contributed by atoms with Gasteiger partial charge >= 0.3 is 5.97 Å². The van der Waals surface area contributed by atoms with Crippen molar-refractivity contribution in [3.63, 3.8) is 0 Å². The van der Waals surface area contributed by atoms with Crippen LogP contribution in [0.5, 0.6) is 5.75 Å². The maximum absolute atomic E-state index is 11.2. The molecule has 1 aromatic rings. The van der Waals surface area contributed by atoms with Crippen molar-refractivity contribution in [2.75, 3.05) is 6.61 Å². The van der Waals surface area contributed by atoms with Crippen molar-refractivity contribution in [3.05, 3.63) is 35.4 Å². The number of hydrogen-bond acceptors (Lipinski definition) is 4. The highest BCUT2D eigenvalue weighted by atomic mass is 16.5. The van der Waals surface area contributed by atoms with Crippen LogP contribution in [0.2, 0.25) is 0 Å². The maximum Gasteiger partial charge on any atom is 0.330 e. The smallest absolute Gasteiger partial charge is 0.330 e. The lowest BCUT2D eigenvalue weighted by Crippen LogP contribution is -2.07. The Balaban J connectivity index is 2.87. The van der Waals surface area contributed by atoms with E-state index in [0.29, 0.717) is 17.9 Å². The molecule has 19 heavy (non-hydrogen) atoms. The molecule has 0 aliphatic heterocycles. The van der Waals surface area contributed by atoms with Crippen LogP contribution >= 0.6 is 0 Å². The predicted molar refractivity (Wildman–Crippen MR) is 73.3 cm³/mol. The summed E-state index contributed by atoms with van der Waals surface area (Å²) in [6, 6.07) is 5.16. The standard InChI is InChI=1S/C15H18O4/c1-4-18-15(17)8-6-12-5-7-14(19-11(2)3)13(9-12)10-16/h5-11H,4H2,1-3H3/b8-6+. The third kappa shape index (κ3) is 4.95. The minimum Gasteiger partial charge on any atom is -0.490 e. The van der Waals surface area contributed by atoms with Crippen molar-refractivity contribution in [2.45, 2.75) is 26.9 Å². The van der Waals surface area contributed by atoms with Crippen LogP contribution in [0.3, 0.4) is 0 Å². The molecule has 0 aliphatic carbocycles. The normalized spacial score (nSPS) is 10.7. The summed E-state index contributed by atoms with van der Waals surface area (Å²) < 4.78 is 10.3.